The third-order valence-electron chi connectivity index (χ3n) is 2.52. The number of halogens is 2. The maximum Gasteiger partial charge on any atom is 0.141 e. The van der Waals surface area contributed by atoms with E-state index in [1.807, 2.05) is 0 Å². The predicted molar refractivity (Wildman–Crippen MR) is 64.4 cm³/mol. The zero-order valence-electron chi connectivity index (χ0n) is 9.32. The summed E-state index contributed by atoms with van der Waals surface area (Å²) in [6, 6.07) is 6.17. The van der Waals surface area contributed by atoms with Crippen LogP contribution >= 0.6 is 11.6 Å². The molecule has 2 rings (SSSR count). The van der Waals surface area contributed by atoms with Crippen LogP contribution in [0, 0.1) is 5.82 Å². The lowest BCUT2D eigenvalue weighted by Gasteiger charge is -2.01. The van der Waals surface area contributed by atoms with E-state index >= 15 is 0 Å². The molecule has 0 unspecified atom stereocenters. The molecule has 5 heteroatoms. The molecule has 0 amide bonds. The number of hydrogen-bond donors (Lipinski definition) is 1. The van der Waals surface area contributed by atoms with Crippen molar-refractivity contribution in [1.82, 2.24) is 9.55 Å². The first kappa shape index (κ1) is 12.1. The molecular weight excluding hydrogens is 243 g/mol. The second-order valence-electron chi connectivity index (χ2n) is 3.72. The van der Waals surface area contributed by atoms with Crippen LogP contribution < -0.4 is 0 Å². The summed E-state index contributed by atoms with van der Waals surface area (Å²) in [5.74, 6) is 0.281. The third-order valence-corrected chi connectivity index (χ3v) is 2.99. The molecule has 0 bridgehead atoms. The van der Waals surface area contributed by atoms with Gasteiger partial charge in [0.15, 0.2) is 0 Å². The zero-order valence-corrected chi connectivity index (χ0v) is 10.1. The summed E-state index contributed by atoms with van der Waals surface area (Å²) >= 11 is 6.08. The number of benzene rings is 1. The first-order valence-corrected chi connectivity index (χ1v) is 5.59. The summed E-state index contributed by atoms with van der Waals surface area (Å²) < 4.78 is 14.8. The lowest BCUT2D eigenvalue weighted by atomic mass is 10.2. The van der Waals surface area contributed by atoms with Gasteiger partial charge in [-0.1, -0.05) is 23.7 Å². The Labute approximate surface area is 103 Å². The van der Waals surface area contributed by atoms with Gasteiger partial charge in [0.25, 0.3) is 0 Å². The Kier molecular flexibility index (Phi) is 3.45. The Morgan fingerprint density at radius 2 is 2.24 bits per heavy atom. The molecule has 2 aromatic rings. The Bertz CT molecular complexity index is 539. The number of aliphatic hydroxyl groups is 1. The molecule has 1 N–H and O–H groups in total. The smallest absolute Gasteiger partial charge is 0.141 e. The van der Waals surface area contributed by atoms with Crippen molar-refractivity contribution in [3.63, 3.8) is 0 Å². The summed E-state index contributed by atoms with van der Waals surface area (Å²) in [6.07, 6.45) is 0.391. The highest BCUT2D eigenvalue weighted by Gasteiger charge is 2.14. The molecular formula is C12H12ClFN2O. The minimum absolute atomic E-state index is 0.0146. The van der Waals surface area contributed by atoms with Crippen LogP contribution in [0.4, 0.5) is 4.39 Å². The molecule has 3 nitrogen and oxygen atoms in total. The van der Waals surface area contributed by atoms with Crippen LogP contribution in [0.1, 0.15) is 5.69 Å². The average molecular weight is 255 g/mol. The van der Waals surface area contributed by atoms with Gasteiger partial charge in [-0.05, 0) is 12.1 Å². The van der Waals surface area contributed by atoms with Crippen LogP contribution in [-0.4, -0.2) is 21.3 Å². The maximum absolute atomic E-state index is 13.1. The van der Waals surface area contributed by atoms with E-state index in [4.69, 9.17) is 16.7 Å². The summed E-state index contributed by atoms with van der Waals surface area (Å²) in [5.41, 5.74) is 1.29. The quantitative estimate of drug-likeness (QED) is 0.914. The van der Waals surface area contributed by atoms with Gasteiger partial charge in [0.05, 0.1) is 5.69 Å². The van der Waals surface area contributed by atoms with Crippen LogP contribution in [-0.2, 0) is 13.5 Å². The molecule has 0 aliphatic rings. The first-order chi connectivity index (χ1) is 8.13. The number of rotatable bonds is 3. The number of nitrogens with zero attached hydrogens (tertiary/aromatic N) is 2. The lowest BCUT2D eigenvalue weighted by Crippen LogP contribution is -1.93. The van der Waals surface area contributed by atoms with E-state index in [0.717, 1.165) is 0 Å². The molecule has 0 spiro atoms. The van der Waals surface area contributed by atoms with E-state index in [2.05, 4.69) is 4.98 Å². The number of aromatic nitrogens is 2. The van der Waals surface area contributed by atoms with Crippen LogP contribution in [0.25, 0.3) is 11.4 Å². The van der Waals surface area contributed by atoms with Gasteiger partial charge in [-0.2, -0.15) is 0 Å². The van der Waals surface area contributed by atoms with Crippen molar-refractivity contribution >= 4 is 11.6 Å². The third kappa shape index (κ3) is 2.33. The van der Waals surface area contributed by atoms with Crippen molar-refractivity contribution in [3.05, 3.63) is 40.9 Å². The fourth-order valence-electron chi connectivity index (χ4n) is 1.69. The highest BCUT2D eigenvalue weighted by atomic mass is 35.5. The van der Waals surface area contributed by atoms with Crippen molar-refractivity contribution in [2.24, 2.45) is 7.05 Å². The largest absolute Gasteiger partial charge is 0.396 e. The van der Waals surface area contributed by atoms with Crippen LogP contribution in [0.5, 0.6) is 0 Å². The molecule has 1 heterocycles. The highest BCUT2D eigenvalue weighted by Crippen LogP contribution is 2.25. The van der Waals surface area contributed by atoms with Gasteiger partial charge in [-0.15, -0.1) is 0 Å². The Morgan fingerprint density at radius 3 is 2.88 bits per heavy atom. The van der Waals surface area contributed by atoms with Crippen LogP contribution in [0.2, 0.25) is 5.15 Å². The van der Waals surface area contributed by atoms with Crippen LogP contribution in [0.3, 0.4) is 0 Å². The van der Waals surface area contributed by atoms with E-state index in [-0.39, 0.29) is 12.4 Å². The van der Waals surface area contributed by atoms with Gasteiger partial charge < -0.3 is 9.67 Å². The van der Waals surface area contributed by atoms with Crippen LogP contribution in [0.15, 0.2) is 24.3 Å². The number of aliphatic hydroxyl groups excluding tert-OH is 1. The normalized spacial score (nSPS) is 10.8. The highest BCUT2D eigenvalue weighted by molar-refractivity contribution is 6.30. The van der Waals surface area contributed by atoms with Crippen molar-refractivity contribution < 1.29 is 9.50 Å². The molecule has 17 heavy (non-hydrogen) atoms. The Hall–Kier alpha value is -1.39. The molecule has 0 radical (unpaired) electrons. The van der Waals surface area contributed by atoms with Gasteiger partial charge in [0.1, 0.15) is 16.8 Å². The van der Waals surface area contributed by atoms with E-state index in [9.17, 15) is 4.39 Å². The van der Waals surface area contributed by atoms with Crippen molar-refractivity contribution in [2.75, 3.05) is 6.61 Å². The van der Waals surface area contributed by atoms with E-state index < -0.39 is 0 Å². The minimum atomic E-state index is -0.315. The fourth-order valence-corrected chi connectivity index (χ4v) is 1.90. The predicted octanol–water partition coefficient (Wildman–Crippen LogP) is 2.41. The van der Waals surface area contributed by atoms with Crippen molar-refractivity contribution in [3.8, 4) is 11.4 Å². The monoisotopic (exact) mass is 254 g/mol. The zero-order chi connectivity index (χ0) is 12.4. The van der Waals surface area contributed by atoms with E-state index in [0.29, 0.717) is 28.7 Å². The summed E-state index contributed by atoms with van der Waals surface area (Å²) in [6.45, 7) is -0.0146. The topological polar surface area (TPSA) is 38.0 Å². The summed E-state index contributed by atoms with van der Waals surface area (Å²) in [5, 5.41) is 9.36. The second kappa shape index (κ2) is 4.85. The minimum Gasteiger partial charge on any atom is -0.396 e. The first-order valence-electron chi connectivity index (χ1n) is 5.21. The summed E-state index contributed by atoms with van der Waals surface area (Å²) in [7, 11) is 1.76. The molecule has 1 aromatic carbocycles. The summed E-state index contributed by atoms with van der Waals surface area (Å²) in [4.78, 5) is 4.31. The molecule has 0 fully saturated rings. The molecule has 90 valence electrons. The fraction of sp³-hybridized carbons (Fsp3) is 0.250. The van der Waals surface area contributed by atoms with Gasteiger partial charge in [-0.25, -0.2) is 9.37 Å². The number of imidazole rings is 1. The average Bonchev–Trinajstić information content (AvgIpc) is 2.58. The molecule has 0 aliphatic heterocycles. The number of hydrogen-bond acceptors (Lipinski definition) is 2. The maximum atomic E-state index is 13.1. The van der Waals surface area contributed by atoms with Gasteiger partial charge in [0, 0.05) is 25.6 Å². The van der Waals surface area contributed by atoms with Crippen molar-refractivity contribution in [2.45, 2.75) is 6.42 Å². The molecule has 0 aliphatic carbocycles. The van der Waals surface area contributed by atoms with E-state index in [1.54, 1.807) is 23.7 Å². The van der Waals surface area contributed by atoms with Gasteiger partial charge in [-0.3, -0.25) is 0 Å². The van der Waals surface area contributed by atoms with E-state index in [1.165, 1.54) is 12.1 Å². The van der Waals surface area contributed by atoms with Gasteiger partial charge >= 0.3 is 0 Å². The molecule has 1 aromatic heterocycles. The molecule has 0 saturated heterocycles. The lowest BCUT2D eigenvalue weighted by molar-refractivity contribution is 0.298. The standard InChI is InChI=1S/C12H12ClFN2O/c1-16-11(13)10(5-6-17)15-12(16)8-3-2-4-9(14)7-8/h2-4,7,17H,5-6H2,1H3. The Balaban J connectivity index is 2.49. The molecule has 0 saturated carbocycles. The second-order valence-corrected chi connectivity index (χ2v) is 4.07. The SMILES string of the molecule is Cn1c(-c2cccc(F)c2)nc(CCO)c1Cl. The van der Waals surface area contributed by atoms with Crippen molar-refractivity contribution in [1.29, 1.82) is 0 Å². The molecule has 0 atom stereocenters. The van der Waals surface area contributed by atoms with Gasteiger partial charge in [0.2, 0.25) is 0 Å². The Morgan fingerprint density at radius 1 is 1.47 bits per heavy atom.